The summed E-state index contributed by atoms with van der Waals surface area (Å²) in [6.07, 6.45) is 2.58. The highest BCUT2D eigenvalue weighted by Crippen LogP contribution is 2.31. The smallest absolute Gasteiger partial charge is 0.280 e. The largest absolute Gasteiger partial charge is 0.493 e. The molecule has 34 heavy (non-hydrogen) atoms. The minimum Gasteiger partial charge on any atom is -0.493 e. The zero-order chi connectivity index (χ0) is 23.8. The summed E-state index contributed by atoms with van der Waals surface area (Å²) in [6, 6.07) is 24.8. The van der Waals surface area contributed by atoms with Crippen molar-refractivity contribution in [2.24, 2.45) is 5.10 Å². The van der Waals surface area contributed by atoms with Gasteiger partial charge in [0.2, 0.25) is 0 Å². The van der Waals surface area contributed by atoms with Gasteiger partial charge in [0.05, 0.1) is 36.8 Å². The first-order valence-electron chi connectivity index (χ1n) is 11.4. The van der Waals surface area contributed by atoms with Crippen molar-refractivity contribution in [3.8, 4) is 17.2 Å². The minimum absolute atomic E-state index is 0.152. The number of hydrogen-bond donors (Lipinski definition) is 0. The molecule has 0 N–H and O–H groups in total. The van der Waals surface area contributed by atoms with E-state index in [-0.39, 0.29) is 5.91 Å². The standard InChI is InChI=1S/C28H28N2O4/c1-3-32-27-20-22(15-16-26(27)34-18-10-17-33-24-13-8-5-9-14-24)19-25-21(2)29-30(28(25)31)23-11-6-4-7-12-23/h4-9,11-16,19-20H,3,10,17-18H2,1-2H3. The van der Waals surface area contributed by atoms with Gasteiger partial charge >= 0.3 is 0 Å². The molecule has 0 saturated carbocycles. The summed E-state index contributed by atoms with van der Waals surface area (Å²) in [7, 11) is 0. The molecule has 1 aliphatic heterocycles. The quantitative estimate of drug-likeness (QED) is 0.288. The molecule has 0 radical (unpaired) electrons. The van der Waals surface area contributed by atoms with Crippen molar-refractivity contribution in [3.05, 3.63) is 90.0 Å². The monoisotopic (exact) mass is 456 g/mol. The minimum atomic E-state index is -0.152. The number of anilines is 1. The molecular weight excluding hydrogens is 428 g/mol. The number of rotatable bonds is 10. The molecular formula is C28H28N2O4. The average molecular weight is 457 g/mol. The maximum atomic E-state index is 13.0. The predicted octanol–water partition coefficient (Wildman–Crippen LogP) is 5.74. The van der Waals surface area contributed by atoms with E-state index in [0.717, 1.165) is 23.4 Å². The van der Waals surface area contributed by atoms with Crippen molar-refractivity contribution in [1.82, 2.24) is 0 Å². The Bertz CT molecular complexity index is 1170. The van der Waals surface area contributed by atoms with Crippen molar-refractivity contribution in [2.75, 3.05) is 24.8 Å². The number of ether oxygens (including phenoxy) is 3. The zero-order valence-corrected chi connectivity index (χ0v) is 19.4. The number of carbonyl (C=O) groups excluding carboxylic acids is 1. The van der Waals surface area contributed by atoms with Gasteiger partial charge in [0.25, 0.3) is 5.91 Å². The normalized spacial score (nSPS) is 14.3. The third-order valence-electron chi connectivity index (χ3n) is 5.20. The molecule has 3 aromatic carbocycles. The number of amides is 1. The second-order valence-electron chi connectivity index (χ2n) is 7.70. The molecule has 1 amide bonds. The number of hydrazone groups is 1. The summed E-state index contributed by atoms with van der Waals surface area (Å²) in [5, 5.41) is 5.87. The molecule has 1 heterocycles. The third kappa shape index (κ3) is 5.64. The highest BCUT2D eigenvalue weighted by Gasteiger charge is 2.28. The van der Waals surface area contributed by atoms with Crippen LogP contribution in [-0.4, -0.2) is 31.4 Å². The second-order valence-corrected chi connectivity index (χ2v) is 7.70. The van der Waals surface area contributed by atoms with Crippen LogP contribution < -0.4 is 19.2 Å². The first-order valence-corrected chi connectivity index (χ1v) is 11.4. The molecule has 0 spiro atoms. The summed E-state index contributed by atoms with van der Waals surface area (Å²) in [6.45, 7) is 5.35. The first-order chi connectivity index (χ1) is 16.7. The number of hydrogen-bond acceptors (Lipinski definition) is 5. The molecule has 6 nitrogen and oxygen atoms in total. The van der Waals surface area contributed by atoms with E-state index in [9.17, 15) is 4.79 Å². The fourth-order valence-electron chi connectivity index (χ4n) is 3.54. The molecule has 0 bridgehead atoms. The lowest BCUT2D eigenvalue weighted by Crippen LogP contribution is -2.21. The highest BCUT2D eigenvalue weighted by atomic mass is 16.5. The van der Waals surface area contributed by atoms with E-state index in [1.807, 2.05) is 98.8 Å². The van der Waals surface area contributed by atoms with E-state index < -0.39 is 0 Å². The fourth-order valence-corrected chi connectivity index (χ4v) is 3.54. The second kappa shape index (κ2) is 11.2. The molecule has 0 atom stereocenters. The van der Waals surface area contributed by atoms with E-state index in [1.165, 1.54) is 5.01 Å². The van der Waals surface area contributed by atoms with Crippen molar-refractivity contribution in [2.45, 2.75) is 20.3 Å². The van der Waals surface area contributed by atoms with E-state index >= 15 is 0 Å². The van der Waals surface area contributed by atoms with E-state index in [1.54, 1.807) is 0 Å². The van der Waals surface area contributed by atoms with Crippen LogP contribution in [-0.2, 0) is 4.79 Å². The van der Waals surface area contributed by atoms with Crippen LogP contribution in [0.2, 0.25) is 0 Å². The van der Waals surface area contributed by atoms with Crippen LogP contribution in [0.25, 0.3) is 6.08 Å². The summed E-state index contributed by atoms with van der Waals surface area (Å²) in [5.41, 5.74) is 2.81. The highest BCUT2D eigenvalue weighted by molar-refractivity contribution is 6.32. The van der Waals surface area contributed by atoms with E-state index in [2.05, 4.69) is 5.10 Å². The van der Waals surface area contributed by atoms with Gasteiger partial charge in [-0.25, -0.2) is 0 Å². The fraction of sp³-hybridized carbons (Fsp3) is 0.214. The van der Waals surface area contributed by atoms with Crippen LogP contribution in [0.5, 0.6) is 17.2 Å². The molecule has 0 aliphatic carbocycles. The lowest BCUT2D eigenvalue weighted by molar-refractivity contribution is -0.114. The van der Waals surface area contributed by atoms with Gasteiger partial charge in [0, 0.05) is 6.42 Å². The summed E-state index contributed by atoms with van der Waals surface area (Å²) in [5.74, 6) is 2.00. The number of para-hydroxylation sites is 2. The van der Waals surface area contributed by atoms with Crippen molar-refractivity contribution in [1.29, 1.82) is 0 Å². The number of nitrogens with zero attached hydrogens (tertiary/aromatic N) is 2. The molecule has 0 aromatic heterocycles. The molecule has 1 aliphatic rings. The molecule has 0 saturated heterocycles. The Hall–Kier alpha value is -4.06. The van der Waals surface area contributed by atoms with Crippen molar-refractivity contribution >= 4 is 23.4 Å². The van der Waals surface area contributed by atoms with Crippen LogP contribution in [0.1, 0.15) is 25.8 Å². The lowest BCUT2D eigenvalue weighted by Gasteiger charge is -2.13. The van der Waals surface area contributed by atoms with Gasteiger partial charge in [-0.05, 0) is 61.9 Å². The Morgan fingerprint density at radius 3 is 2.29 bits per heavy atom. The van der Waals surface area contributed by atoms with Crippen molar-refractivity contribution < 1.29 is 19.0 Å². The summed E-state index contributed by atoms with van der Waals surface area (Å²) in [4.78, 5) is 13.0. The molecule has 0 unspecified atom stereocenters. The first kappa shape index (κ1) is 23.1. The van der Waals surface area contributed by atoms with Gasteiger partial charge in [0.15, 0.2) is 11.5 Å². The van der Waals surface area contributed by atoms with E-state index in [0.29, 0.717) is 42.6 Å². The van der Waals surface area contributed by atoms with Gasteiger partial charge < -0.3 is 14.2 Å². The Balaban J connectivity index is 1.41. The van der Waals surface area contributed by atoms with Gasteiger partial charge in [0.1, 0.15) is 5.75 Å². The SMILES string of the molecule is CCOc1cc(C=C2C(=O)N(c3ccccc3)N=C2C)ccc1OCCCOc1ccccc1. The van der Waals surface area contributed by atoms with Crippen LogP contribution in [0.3, 0.4) is 0 Å². The van der Waals surface area contributed by atoms with Crippen LogP contribution in [0, 0.1) is 0 Å². The summed E-state index contributed by atoms with van der Waals surface area (Å²) >= 11 is 0. The van der Waals surface area contributed by atoms with Gasteiger partial charge in [-0.3, -0.25) is 4.79 Å². The molecule has 3 aromatic rings. The van der Waals surface area contributed by atoms with Gasteiger partial charge in [-0.2, -0.15) is 10.1 Å². The average Bonchev–Trinajstić information content (AvgIpc) is 3.14. The zero-order valence-electron chi connectivity index (χ0n) is 19.4. The third-order valence-corrected chi connectivity index (χ3v) is 5.20. The maximum absolute atomic E-state index is 13.0. The van der Waals surface area contributed by atoms with Crippen molar-refractivity contribution in [3.63, 3.8) is 0 Å². The van der Waals surface area contributed by atoms with E-state index in [4.69, 9.17) is 14.2 Å². The Morgan fingerprint density at radius 1 is 0.853 bits per heavy atom. The predicted molar refractivity (Wildman–Crippen MR) is 135 cm³/mol. The maximum Gasteiger partial charge on any atom is 0.280 e. The molecule has 6 heteroatoms. The van der Waals surface area contributed by atoms with Crippen LogP contribution in [0.4, 0.5) is 5.69 Å². The topological polar surface area (TPSA) is 60.4 Å². The number of benzene rings is 3. The number of carbonyl (C=O) groups is 1. The van der Waals surface area contributed by atoms with Crippen LogP contribution >= 0.6 is 0 Å². The molecule has 0 fully saturated rings. The lowest BCUT2D eigenvalue weighted by atomic mass is 10.1. The molecule has 174 valence electrons. The van der Waals surface area contributed by atoms with Gasteiger partial charge in [-0.15, -0.1) is 0 Å². The molecule has 4 rings (SSSR count). The Morgan fingerprint density at radius 2 is 1.56 bits per heavy atom. The van der Waals surface area contributed by atoms with Crippen LogP contribution in [0.15, 0.2) is 89.5 Å². The summed E-state index contributed by atoms with van der Waals surface area (Å²) < 4.78 is 17.5. The Labute approximate surface area is 200 Å². The Kier molecular flexibility index (Phi) is 7.60. The van der Waals surface area contributed by atoms with Gasteiger partial charge in [-0.1, -0.05) is 42.5 Å².